The van der Waals surface area contributed by atoms with Gasteiger partial charge < -0.3 is 5.32 Å². The molecule has 1 atom stereocenters. The predicted molar refractivity (Wildman–Crippen MR) is 87.9 cm³/mol. The van der Waals surface area contributed by atoms with Crippen molar-refractivity contribution in [2.24, 2.45) is 5.10 Å². The average Bonchev–Trinajstić information content (AvgIpc) is 2.78. The summed E-state index contributed by atoms with van der Waals surface area (Å²) in [5.74, 6) is -0.392. The van der Waals surface area contributed by atoms with Crippen molar-refractivity contribution in [3.8, 4) is 0 Å². The first kappa shape index (κ1) is 15.0. The van der Waals surface area contributed by atoms with Gasteiger partial charge in [-0.25, -0.2) is 4.79 Å². The van der Waals surface area contributed by atoms with Gasteiger partial charge >= 0.3 is 6.03 Å². The minimum absolute atomic E-state index is 0.392. The molecule has 1 aliphatic heterocycles. The third-order valence-electron chi connectivity index (χ3n) is 3.92. The van der Waals surface area contributed by atoms with Crippen LogP contribution in [0, 0.1) is 6.92 Å². The summed E-state index contributed by atoms with van der Waals surface area (Å²) in [7, 11) is 0. The number of nitrogens with zero attached hydrogens (tertiary/aromatic N) is 2. The van der Waals surface area contributed by atoms with E-state index in [2.05, 4.69) is 10.4 Å². The van der Waals surface area contributed by atoms with Crippen LogP contribution in [0.25, 0.3) is 0 Å². The summed E-state index contributed by atoms with van der Waals surface area (Å²) >= 11 is 0. The second-order valence-corrected chi connectivity index (χ2v) is 5.69. The van der Waals surface area contributed by atoms with Crippen LogP contribution in [0.15, 0.2) is 59.7 Å². The maximum Gasteiger partial charge on any atom is 0.346 e. The molecule has 0 unspecified atom stereocenters. The highest BCUT2D eigenvalue weighted by Gasteiger charge is 2.49. The number of hydrogen-bond acceptors (Lipinski definition) is 3. The monoisotopic (exact) mass is 307 g/mol. The first-order chi connectivity index (χ1) is 11.0. The Labute approximate surface area is 134 Å². The van der Waals surface area contributed by atoms with Gasteiger partial charge in [-0.05, 0) is 25.0 Å². The smallest absolute Gasteiger partial charge is 0.318 e. The standard InChI is InChI=1S/C18H17N3O2/c1-13-8-10-14(11-9-13)12-19-21-16(22)18(2,20-17(21)23)15-6-4-3-5-7-15/h3-12H,1-2H3,(H,20,23)/b19-12-/t18-/m0/s1. The molecule has 0 aliphatic carbocycles. The minimum atomic E-state index is -1.09. The van der Waals surface area contributed by atoms with Crippen LogP contribution in [0.1, 0.15) is 23.6 Å². The van der Waals surface area contributed by atoms with Gasteiger partial charge in [0.2, 0.25) is 0 Å². The molecule has 1 fully saturated rings. The number of aryl methyl sites for hydroxylation is 1. The van der Waals surface area contributed by atoms with E-state index >= 15 is 0 Å². The fourth-order valence-corrected chi connectivity index (χ4v) is 2.47. The van der Waals surface area contributed by atoms with Crippen molar-refractivity contribution < 1.29 is 9.59 Å². The lowest BCUT2D eigenvalue weighted by Crippen LogP contribution is -2.40. The van der Waals surface area contributed by atoms with Gasteiger partial charge in [0, 0.05) is 0 Å². The second-order valence-electron chi connectivity index (χ2n) is 5.69. The SMILES string of the molecule is Cc1ccc(/C=N\N2C(=O)N[C@@](C)(c3ccccc3)C2=O)cc1. The van der Waals surface area contributed by atoms with Gasteiger partial charge in [0.05, 0.1) is 6.21 Å². The number of nitrogens with one attached hydrogen (secondary N) is 1. The van der Waals surface area contributed by atoms with E-state index in [0.717, 1.165) is 21.7 Å². The van der Waals surface area contributed by atoms with E-state index in [1.54, 1.807) is 6.92 Å². The lowest BCUT2D eigenvalue weighted by atomic mass is 9.92. The van der Waals surface area contributed by atoms with Crippen molar-refractivity contribution in [3.63, 3.8) is 0 Å². The fourth-order valence-electron chi connectivity index (χ4n) is 2.47. The summed E-state index contributed by atoms with van der Waals surface area (Å²) in [6.07, 6.45) is 1.51. The summed E-state index contributed by atoms with van der Waals surface area (Å²) in [5, 5.41) is 7.65. The molecule has 5 nitrogen and oxygen atoms in total. The van der Waals surface area contributed by atoms with Crippen molar-refractivity contribution in [3.05, 3.63) is 71.3 Å². The number of hydrogen-bond donors (Lipinski definition) is 1. The number of urea groups is 1. The largest absolute Gasteiger partial charge is 0.346 e. The molecular weight excluding hydrogens is 290 g/mol. The third-order valence-corrected chi connectivity index (χ3v) is 3.92. The summed E-state index contributed by atoms with van der Waals surface area (Å²) in [4.78, 5) is 24.8. The average molecular weight is 307 g/mol. The van der Waals surface area contributed by atoms with Crippen LogP contribution < -0.4 is 5.32 Å². The molecule has 0 radical (unpaired) electrons. The van der Waals surface area contributed by atoms with E-state index in [9.17, 15) is 9.59 Å². The molecular formula is C18H17N3O2. The number of benzene rings is 2. The van der Waals surface area contributed by atoms with Crippen molar-refractivity contribution in [2.75, 3.05) is 0 Å². The maximum atomic E-state index is 12.6. The Morgan fingerprint density at radius 3 is 2.35 bits per heavy atom. The topological polar surface area (TPSA) is 61.8 Å². The summed E-state index contributed by atoms with van der Waals surface area (Å²) in [6.45, 7) is 3.67. The van der Waals surface area contributed by atoms with Crippen LogP contribution in [-0.4, -0.2) is 23.2 Å². The molecule has 3 amide bonds. The molecule has 0 spiro atoms. The van der Waals surface area contributed by atoms with Gasteiger partial charge in [0.1, 0.15) is 5.54 Å². The van der Waals surface area contributed by atoms with Gasteiger partial charge in [-0.15, -0.1) is 5.01 Å². The summed E-state index contributed by atoms with van der Waals surface area (Å²) in [5.41, 5.74) is 1.59. The van der Waals surface area contributed by atoms with Crippen LogP contribution in [0.3, 0.4) is 0 Å². The Morgan fingerprint density at radius 2 is 1.70 bits per heavy atom. The van der Waals surface area contributed by atoms with Crippen LogP contribution in [-0.2, 0) is 10.3 Å². The second kappa shape index (κ2) is 5.68. The van der Waals surface area contributed by atoms with Gasteiger partial charge in [-0.3, -0.25) is 4.79 Å². The van der Waals surface area contributed by atoms with Crippen LogP contribution in [0.5, 0.6) is 0 Å². The minimum Gasteiger partial charge on any atom is -0.318 e. The molecule has 0 aromatic heterocycles. The molecule has 0 saturated carbocycles. The van der Waals surface area contributed by atoms with Crippen LogP contribution in [0.2, 0.25) is 0 Å². The lowest BCUT2D eigenvalue weighted by Gasteiger charge is -2.20. The van der Waals surface area contributed by atoms with Crippen molar-refractivity contribution in [2.45, 2.75) is 19.4 Å². The van der Waals surface area contributed by atoms with Crippen molar-refractivity contribution in [1.82, 2.24) is 10.3 Å². The highest BCUT2D eigenvalue weighted by Crippen LogP contribution is 2.28. The Balaban J connectivity index is 1.86. The van der Waals surface area contributed by atoms with Gasteiger partial charge in [0.15, 0.2) is 0 Å². The third kappa shape index (κ3) is 2.73. The normalized spacial score (nSPS) is 21.0. The fraction of sp³-hybridized carbons (Fsp3) is 0.167. The highest BCUT2D eigenvalue weighted by molar-refractivity contribution is 6.07. The zero-order valence-corrected chi connectivity index (χ0v) is 13.0. The molecule has 1 saturated heterocycles. The molecule has 5 heteroatoms. The zero-order chi connectivity index (χ0) is 16.4. The first-order valence-electron chi connectivity index (χ1n) is 7.33. The molecule has 116 valence electrons. The van der Waals surface area contributed by atoms with Gasteiger partial charge in [-0.1, -0.05) is 60.2 Å². The Morgan fingerprint density at radius 1 is 1.04 bits per heavy atom. The number of hydrazone groups is 1. The van der Waals surface area contributed by atoms with E-state index in [1.807, 2.05) is 61.5 Å². The Kier molecular flexibility index (Phi) is 3.70. The Hall–Kier alpha value is -2.95. The van der Waals surface area contributed by atoms with E-state index in [4.69, 9.17) is 0 Å². The lowest BCUT2D eigenvalue weighted by molar-refractivity contribution is -0.131. The quantitative estimate of drug-likeness (QED) is 0.700. The van der Waals surface area contributed by atoms with E-state index < -0.39 is 17.5 Å². The highest BCUT2D eigenvalue weighted by atomic mass is 16.2. The summed E-state index contributed by atoms with van der Waals surface area (Å²) < 4.78 is 0. The van der Waals surface area contributed by atoms with E-state index in [1.165, 1.54) is 6.21 Å². The molecule has 3 rings (SSSR count). The first-order valence-corrected chi connectivity index (χ1v) is 7.33. The molecule has 23 heavy (non-hydrogen) atoms. The molecule has 1 heterocycles. The van der Waals surface area contributed by atoms with Crippen molar-refractivity contribution in [1.29, 1.82) is 0 Å². The summed E-state index contributed by atoms with van der Waals surface area (Å²) in [6, 6.07) is 16.3. The van der Waals surface area contributed by atoms with E-state index in [0.29, 0.717) is 0 Å². The number of imide groups is 1. The molecule has 2 aromatic rings. The molecule has 1 aliphatic rings. The van der Waals surface area contributed by atoms with Gasteiger partial charge in [0.25, 0.3) is 5.91 Å². The molecule has 1 N–H and O–H groups in total. The number of amides is 3. The van der Waals surface area contributed by atoms with E-state index in [-0.39, 0.29) is 0 Å². The zero-order valence-electron chi connectivity index (χ0n) is 13.0. The number of carbonyl (C=O) groups is 2. The maximum absolute atomic E-state index is 12.6. The van der Waals surface area contributed by atoms with Crippen LogP contribution in [0.4, 0.5) is 4.79 Å². The predicted octanol–water partition coefficient (Wildman–Crippen LogP) is 2.80. The van der Waals surface area contributed by atoms with Gasteiger partial charge in [-0.2, -0.15) is 5.10 Å². The molecule has 2 aromatic carbocycles. The number of carbonyl (C=O) groups excluding carboxylic acids is 2. The number of rotatable bonds is 3. The molecule has 0 bridgehead atoms. The van der Waals surface area contributed by atoms with Crippen LogP contribution >= 0.6 is 0 Å². The van der Waals surface area contributed by atoms with Crippen molar-refractivity contribution >= 4 is 18.2 Å². The Bertz CT molecular complexity index is 769.